The summed E-state index contributed by atoms with van der Waals surface area (Å²) in [6, 6.07) is 0. The Kier molecular flexibility index (Phi) is 12.3. The number of carbonyl (C=O) groups is 2. The van der Waals surface area contributed by atoms with Crippen molar-refractivity contribution >= 4 is 11.8 Å². The molecule has 0 spiro atoms. The summed E-state index contributed by atoms with van der Waals surface area (Å²) in [5.74, 6) is -0.0349. The van der Waals surface area contributed by atoms with E-state index in [1.54, 1.807) is 4.90 Å². The zero-order chi connectivity index (χ0) is 17.5. The normalized spacial score (nSPS) is 19.1. The molecule has 1 N–H and O–H groups in total. The third-order valence-corrected chi connectivity index (χ3v) is 3.42. The topological polar surface area (TPSA) is 86.3 Å². The molecule has 0 atom stereocenters. The van der Waals surface area contributed by atoms with E-state index in [1.165, 1.54) is 6.92 Å². The standard InChI is InChI=1S/C16H30N2O6/c1-15(19)17-4-2-3-16(20)18-5-7-21-9-11-23-13-14-24-12-10-22-8-6-18/h2-14H2,1H3,(H,17,19). The Labute approximate surface area is 143 Å². The van der Waals surface area contributed by atoms with Gasteiger partial charge in [0.2, 0.25) is 11.8 Å². The lowest BCUT2D eigenvalue weighted by Crippen LogP contribution is -2.37. The van der Waals surface area contributed by atoms with E-state index >= 15 is 0 Å². The summed E-state index contributed by atoms with van der Waals surface area (Å²) in [5.41, 5.74) is 0. The minimum Gasteiger partial charge on any atom is -0.377 e. The Balaban J connectivity index is 2.32. The van der Waals surface area contributed by atoms with Crippen LogP contribution in [0.25, 0.3) is 0 Å². The number of rotatable bonds is 4. The van der Waals surface area contributed by atoms with Crippen LogP contribution in [0.15, 0.2) is 0 Å². The van der Waals surface area contributed by atoms with Gasteiger partial charge in [0, 0.05) is 33.0 Å². The summed E-state index contributed by atoms with van der Waals surface area (Å²) in [7, 11) is 0. The molecule has 0 aromatic rings. The Morgan fingerprint density at radius 1 is 0.833 bits per heavy atom. The van der Waals surface area contributed by atoms with Gasteiger partial charge in [-0.25, -0.2) is 0 Å². The minimum absolute atomic E-state index is 0.0457. The number of nitrogens with zero attached hydrogens (tertiary/aromatic N) is 1. The Hall–Kier alpha value is -1.22. The van der Waals surface area contributed by atoms with E-state index in [1.807, 2.05) is 0 Å². The Morgan fingerprint density at radius 3 is 1.75 bits per heavy atom. The van der Waals surface area contributed by atoms with Crippen molar-refractivity contribution in [1.82, 2.24) is 10.2 Å². The Bertz CT molecular complexity index is 337. The SMILES string of the molecule is CC(=O)NCCCC(=O)N1CCOCCOCCOCCOCC1. The summed E-state index contributed by atoms with van der Waals surface area (Å²) >= 11 is 0. The molecule has 0 aromatic heterocycles. The molecule has 1 saturated heterocycles. The summed E-state index contributed by atoms with van der Waals surface area (Å²) in [4.78, 5) is 24.9. The highest BCUT2D eigenvalue weighted by Crippen LogP contribution is 1.99. The van der Waals surface area contributed by atoms with Gasteiger partial charge >= 0.3 is 0 Å². The van der Waals surface area contributed by atoms with Crippen molar-refractivity contribution in [3.63, 3.8) is 0 Å². The first-order valence-electron chi connectivity index (χ1n) is 8.53. The second-order valence-electron chi connectivity index (χ2n) is 5.42. The molecular formula is C16H30N2O6. The highest BCUT2D eigenvalue weighted by Gasteiger charge is 2.13. The molecule has 2 amide bonds. The fraction of sp³-hybridized carbons (Fsp3) is 0.875. The highest BCUT2D eigenvalue weighted by molar-refractivity contribution is 5.76. The number of hydrogen-bond donors (Lipinski definition) is 1. The molecule has 1 rings (SSSR count). The van der Waals surface area contributed by atoms with Gasteiger partial charge < -0.3 is 29.2 Å². The molecule has 8 nitrogen and oxygen atoms in total. The zero-order valence-electron chi connectivity index (χ0n) is 14.6. The maximum atomic E-state index is 12.3. The summed E-state index contributed by atoms with van der Waals surface area (Å²) in [6.45, 7) is 7.10. The fourth-order valence-corrected chi connectivity index (χ4v) is 2.13. The second-order valence-corrected chi connectivity index (χ2v) is 5.42. The van der Waals surface area contributed by atoms with Crippen molar-refractivity contribution in [1.29, 1.82) is 0 Å². The van der Waals surface area contributed by atoms with Crippen molar-refractivity contribution < 1.29 is 28.5 Å². The summed E-state index contributed by atoms with van der Waals surface area (Å²) in [6.07, 6.45) is 1.02. The van der Waals surface area contributed by atoms with Crippen LogP contribution in [0.3, 0.4) is 0 Å². The molecule has 1 heterocycles. The van der Waals surface area contributed by atoms with Crippen LogP contribution in [-0.2, 0) is 28.5 Å². The number of nitrogens with one attached hydrogen (secondary N) is 1. The van der Waals surface area contributed by atoms with E-state index in [2.05, 4.69) is 5.32 Å². The van der Waals surface area contributed by atoms with Crippen molar-refractivity contribution in [2.45, 2.75) is 19.8 Å². The van der Waals surface area contributed by atoms with E-state index in [-0.39, 0.29) is 11.8 Å². The number of ether oxygens (including phenoxy) is 4. The fourth-order valence-electron chi connectivity index (χ4n) is 2.13. The van der Waals surface area contributed by atoms with Crippen LogP contribution in [0.5, 0.6) is 0 Å². The predicted molar refractivity (Wildman–Crippen MR) is 87.8 cm³/mol. The van der Waals surface area contributed by atoms with E-state index in [9.17, 15) is 9.59 Å². The molecule has 0 saturated carbocycles. The van der Waals surface area contributed by atoms with Crippen LogP contribution in [-0.4, -0.2) is 89.2 Å². The average molecular weight is 346 g/mol. The molecule has 140 valence electrons. The first kappa shape index (κ1) is 20.8. The third kappa shape index (κ3) is 11.3. The van der Waals surface area contributed by atoms with Gasteiger partial charge in [0.15, 0.2) is 0 Å². The predicted octanol–water partition coefficient (Wildman–Crippen LogP) is -0.189. The van der Waals surface area contributed by atoms with Crippen LogP contribution < -0.4 is 5.32 Å². The molecule has 8 heteroatoms. The molecule has 0 aliphatic carbocycles. The van der Waals surface area contributed by atoms with E-state index in [0.29, 0.717) is 85.3 Å². The van der Waals surface area contributed by atoms with Gasteiger partial charge in [-0.2, -0.15) is 0 Å². The second kappa shape index (κ2) is 14.2. The summed E-state index contributed by atoms with van der Waals surface area (Å²) < 4.78 is 21.7. The van der Waals surface area contributed by atoms with Crippen LogP contribution in [0, 0.1) is 0 Å². The smallest absolute Gasteiger partial charge is 0.222 e. The first-order valence-corrected chi connectivity index (χ1v) is 8.53. The van der Waals surface area contributed by atoms with Crippen LogP contribution in [0.1, 0.15) is 19.8 Å². The minimum atomic E-state index is -0.0806. The van der Waals surface area contributed by atoms with Crippen LogP contribution in [0.4, 0.5) is 0 Å². The molecule has 24 heavy (non-hydrogen) atoms. The van der Waals surface area contributed by atoms with E-state index in [4.69, 9.17) is 18.9 Å². The van der Waals surface area contributed by atoms with E-state index < -0.39 is 0 Å². The van der Waals surface area contributed by atoms with Gasteiger partial charge in [-0.15, -0.1) is 0 Å². The first-order chi connectivity index (χ1) is 11.7. The molecule has 1 fully saturated rings. The average Bonchev–Trinajstić information content (AvgIpc) is 2.57. The molecular weight excluding hydrogens is 316 g/mol. The van der Waals surface area contributed by atoms with Gasteiger partial charge in [0.1, 0.15) is 0 Å². The van der Waals surface area contributed by atoms with Crippen molar-refractivity contribution in [3.05, 3.63) is 0 Å². The molecule has 1 aliphatic heterocycles. The van der Waals surface area contributed by atoms with Crippen molar-refractivity contribution in [2.75, 3.05) is 72.5 Å². The lowest BCUT2D eigenvalue weighted by Gasteiger charge is -2.22. The molecule has 0 radical (unpaired) electrons. The van der Waals surface area contributed by atoms with Gasteiger partial charge in [-0.3, -0.25) is 9.59 Å². The lowest BCUT2D eigenvalue weighted by molar-refractivity contribution is -0.133. The van der Waals surface area contributed by atoms with E-state index in [0.717, 1.165) is 0 Å². The molecule has 1 aliphatic rings. The van der Waals surface area contributed by atoms with Crippen molar-refractivity contribution in [2.24, 2.45) is 0 Å². The largest absolute Gasteiger partial charge is 0.377 e. The number of amides is 2. The Morgan fingerprint density at radius 2 is 1.29 bits per heavy atom. The third-order valence-electron chi connectivity index (χ3n) is 3.42. The number of carbonyl (C=O) groups excluding carboxylic acids is 2. The summed E-state index contributed by atoms with van der Waals surface area (Å²) in [5, 5.41) is 2.69. The van der Waals surface area contributed by atoms with Gasteiger partial charge in [0.05, 0.1) is 52.9 Å². The number of hydrogen-bond acceptors (Lipinski definition) is 6. The monoisotopic (exact) mass is 346 g/mol. The maximum absolute atomic E-state index is 12.3. The lowest BCUT2D eigenvalue weighted by atomic mass is 10.2. The van der Waals surface area contributed by atoms with Gasteiger partial charge in [-0.1, -0.05) is 0 Å². The van der Waals surface area contributed by atoms with Gasteiger partial charge in [-0.05, 0) is 6.42 Å². The van der Waals surface area contributed by atoms with Crippen LogP contribution >= 0.6 is 0 Å². The quantitative estimate of drug-likeness (QED) is 0.710. The van der Waals surface area contributed by atoms with Crippen LogP contribution in [0.2, 0.25) is 0 Å². The molecule has 0 unspecified atom stereocenters. The van der Waals surface area contributed by atoms with Crippen molar-refractivity contribution in [3.8, 4) is 0 Å². The zero-order valence-corrected chi connectivity index (χ0v) is 14.6. The van der Waals surface area contributed by atoms with Gasteiger partial charge in [0.25, 0.3) is 0 Å². The maximum Gasteiger partial charge on any atom is 0.222 e. The highest BCUT2D eigenvalue weighted by atomic mass is 16.6. The molecule has 0 aromatic carbocycles. The molecule has 0 bridgehead atoms.